The first-order valence-electron chi connectivity index (χ1n) is 10.3. The molecule has 2 aromatic carbocycles. The first kappa shape index (κ1) is 20.8. The summed E-state index contributed by atoms with van der Waals surface area (Å²) < 4.78 is 11.9. The van der Waals surface area contributed by atoms with Gasteiger partial charge in [-0.1, -0.05) is 29.5 Å². The van der Waals surface area contributed by atoms with Gasteiger partial charge >= 0.3 is 0 Å². The highest BCUT2D eigenvalue weighted by Crippen LogP contribution is 2.33. The van der Waals surface area contributed by atoms with Gasteiger partial charge < -0.3 is 14.4 Å². The van der Waals surface area contributed by atoms with Crippen molar-refractivity contribution >= 4 is 32.6 Å². The second-order valence-electron chi connectivity index (χ2n) is 7.67. The number of hydrogen-bond donors (Lipinski definition) is 1. The lowest BCUT2D eigenvalue weighted by Crippen LogP contribution is -3.14. The van der Waals surface area contributed by atoms with Crippen LogP contribution < -0.4 is 14.5 Å². The van der Waals surface area contributed by atoms with Crippen molar-refractivity contribution in [3.8, 4) is 5.75 Å². The van der Waals surface area contributed by atoms with Crippen molar-refractivity contribution in [2.45, 2.75) is 13.8 Å². The number of hydrogen-bond acceptors (Lipinski definition) is 5. The van der Waals surface area contributed by atoms with Crippen molar-refractivity contribution in [3.05, 3.63) is 53.1 Å². The summed E-state index contributed by atoms with van der Waals surface area (Å²) in [5, 5.41) is 0.753. The molecule has 0 radical (unpaired) electrons. The highest BCUT2D eigenvalue weighted by atomic mass is 32.1. The molecule has 1 aromatic heterocycles. The second kappa shape index (κ2) is 9.12. The smallest absolute Gasteiger partial charge is 0.260 e. The van der Waals surface area contributed by atoms with Crippen LogP contribution in [0.3, 0.4) is 0 Å². The number of quaternary nitrogens is 1. The molecule has 1 amide bonds. The third kappa shape index (κ3) is 4.33. The van der Waals surface area contributed by atoms with E-state index in [2.05, 4.69) is 26.0 Å². The number of nitrogens with one attached hydrogen (secondary N) is 1. The maximum Gasteiger partial charge on any atom is 0.260 e. The van der Waals surface area contributed by atoms with E-state index in [4.69, 9.17) is 14.5 Å². The molecule has 158 valence electrons. The van der Waals surface area contributed by atoms with E-state index in [0.29, 0.717) is 17.9 Å². The Morgan fingerprint density at radius 3 is 2.70 bits per heavy atom. The number of carbonyl (C=O) groups is 1. The van der Waals surface area contributed by atoms with E-state index in [1.165, 1.54) is 10.5 Å². The Hall–Kier alpha value is -2.48. The van der Waals surface area contributed by atoms with Crippen molar-refractivity contribution < 1.29 is 19.2 Å². The summed E-state index contributed by atoms with van der Waals surface area (Å²) in [6.07, 6.45) is 0. The number of nitrogens with zero attached hydrogens (tertiary/aromatic N) is 2. The van der Waals surface area contributed by atoms with E-state index in [1.54, 1.807) is 24.5 Å². The average molecular weight is 427 g/mol. The molecule has 1 fully saturated rings. The molecule has 0 bridgehead atoms. The van der Waals surface area contributed by atoms with Gasteiger partial charge in [0.1, 0.15) is 18.8 Å². The minimum Gasteiger partial charge on any atom is -0.497 e. The molecule has 2 heterocycles. The third-order valence-electron chi connectivity index (χ3n) is 5.61. The second-order valence-corrected chi connectivity index (χ2v) is 8.65. The lowest BCUT2D eigenvalue weighted by molar-refractivity contribution is -0.906. The Morgan fingerprint density at radius 1 is 1.20 bits per heavy atom. The lowest BCUT2D eigenvalue weighted by Gasteiger charge is -2.27. The fourth-order valence-corrected chi connectivity index (χ4v) is 4.88. The molecule has 4 rings (SSSR count). The lowest BCUT2D eigenvalue weighted by atomic mass is 10.1. The van der Waals surface area contributed by atoms with Crippen LogP contribution in [0.15, 0.2) is 36.4 Å². The van der Waals surface area contributed by atoms with Gasteiger partial charge in [-0.3, -0.25) is 9.69 Å². The summed E-state index contributed by atoms with van der Waals surface area (Å²) in [5.41, 5.74) is 3.91. The number of thiazole rings is 1. The van der Waals surface area contributed by atoms with Gasteiger partial charge in [0.25, 0.3) is 5.91 Å². The van der Waals surface area contributed by atoms with Crippen LogP contribution in [0, 0.1) is 13.8 Å². The molecule has 0 unspecified atom stereocenters. The Bertz CT molecular complexity index is 1000. The molecule has 3 aromatic rings. The van der Waals surface area contributed by atoms with Crippen molar-refractivity contribution in [1.29, 1.82) is 0 Å². The maximum absolute atomic E-state index is 13.5. The number of methoxy groups -OCH3 is 1. The molecule has 1 saturated heterocycles. The van der Waals surface area contributed by atoms with Crippen molar-refractivity contribution in [3.63, 3.8) is 0 Å². The molecule has 7 heteroatoms. The van der Waals surface area contributed by atoms with E-state index in [9.17, 15) is 4.79 Å². The van der Waals surface area contributed by atoms with Crippen molar-refractivity contribution in [2.24, 2.45) is 0 Å². The third-order valence-corrected chi connectivity index (χ3v) is 6.83. The normalized spacial score (nSPS) is 14.8. The van der Waals surface area contributed by atoms with E-state index in [0.717, 1.165) is 53.8 Å². The van der Waals surface area contributed by atoms with E-state index >= 15 is 0 Å². The fourth-order valence-electron chi connectivity index (χ4n) is 3.74. The van der Waals surface area contributed by atoms with Crippen LogP contribution in [0.2, 0.25) is 0 Å². The van der Waals surface area contributed by atoms with Gasteiger partial charge in [0.15, 0.2) is 5.13 Å². The fraction of sp³-hybridized carbons (Fsp3) is 0.391. The van der Waals surface area contributed by atoms with Crippen molar-refractivity contribution in [1.82, 2.24) is 4.98 Å². The van der Waals surface area contributed by atoms with Crippen LogP contribution in [0.1, 0.15) is 21.5 Å². The molecule has 1 N–H and O–H groups in total. The van der Waals surface area contributed by atoms with Gasteiger partial charge in [-0.15, -0.1) is 0 Å². The molecular formula is C23H28N3O3S+. The molecule has 0 saturated carbocycles. The van der Waals surface area contributed by atoms with Crippen LogP contribution in [0.5, 0.6) is 5.75 Å². The predicted molar refractivity (Wildman–Crippen MR) is 120 cm³/mol. The maximum atomic E-state index is 13.5. The number of ether oxygens (including phenoxy) is 2. The number of rotatable bonds is 6. The Morgan fingerprint density at radius 2 is 1.97 bits per heavy atom. The molecule has 1 aliphatic rings. The van der Waals surface area contributed by atoms with Gasteiger partial charge in [-0.25, -0.2) is 4.98 Å². The molecule has 30 heavy (non-hydrogen) atoms. The quantitative estimate of drug-likeness (QED) is 0.658. The van der Waals surface area contributed by atoms with Gasteiger partial charge in [-0.2, -0.15) is 0 Å². The summed E-state index contributed by atoms with van der Waals surface area (Å²) in [6.45, 7) is 9.14. The van der Waals surface area contributed by atoms with E-state index in [1.807, 2.05) is 23.1 Å². The van der Waals surface area contributed by atoms with E-state index in [-0.39, 0.29) is 5.91 Å². The number of anilines is 1. The zero-order valence-corrected chi connectivity index (χ0v) is 18.6. The summed E-state index contributed by atoms with van der Waals surface area (Å²) in [5.74, 6) is 0.631. The minimum absolute atomic E-state index is 0.0454. The first-order valence-corrected chi connectivity index (χ1v) is 11.1. The number of morpholine rings is 1. The number of amides is 1. The van der Waals surface area contributed by atoms with Crippen molar-refractivity contribution in [2.75, 3.05) is 51.4 Å². The summed E-state index contributed by atoms with van der Waals surface area (Å²) in [4.78, 5) is 21.7. The predicted octanol–water partition coefficient (Wildman–Crippen LogP) is 2.48. The number of carbonyl (C=O) groups excluding carboxylic acids is 1. The largest absolute Gasteiger partial charge is 0.497 e. The number of aryl methyl sites for hydroxylation is 2. The van der Waals surface area contributed by atoms with Crippen LogP contribution in [0.25, 0.3) is 10.2 Å². The molecule has 0 atom stereocenters. The standard InChI is InChI=1S/C23H27N3O3S/c1-16-7-8-17(2)21-20(16)24-23(30-21)26(10-9-25-11-13-29-14-12-25)22(27)18-5-4-6-19(15-18)28-3/h4-8,15H,9-14H2,1-3H3/p+1. The Balaban J connectivity index is 1.68. The number of benzene rings is 2. The molecule has 0 spiro atoms. The summed E-state index contributed by atoms with van der Waals surface area (Å²) in [7, 11) is 1.61. The van der Waals surface area contributed by atoms with Crippen LogP contribution in [-0.4, -0.2) is 57.4 Å². The first-order chi connectivity index (χ1) is 14.6. The monoisotopic (exact) mass is 426 g/mol. The Kier molecular flexibility index (Phi) is 6.32. The SMILES string of the molecule is COc1cccc(C(=O)N(CC[NH+]2CCOCC2)c2nc3c(C)ccc(C)c3s2)c1. The van der Waals surface area contributed by atoms with Gasteiger partial charge in [0, 0.05) is 5.56 Å². The van der Waals surface area contributed by atoms with Crippen LogP contribution in [-0.2, 0) is 4.74 Å². The molecule has 6 nitrogen and oxygen atoms in total. The minimum atomic E-state index is -0.0454. The van der Waals surface area contributed by atoms with Gasteiger partial charge in [-0.05, 0) is 43.2 Å². The van der Waals surface area contributed by atoms with Gasteiger partial charge in [0.05, 0.1) is 43.6 Å². The molecular weight excluding hydrogens is 398 g/mol. The highest BCUT2D eigenvalue weighted by Gasteiger charge is 2.25. The molecule has 0 aliphatic carbocycles. The summed E-state index contributed by atoms with van der Waals surface area (Å²) in [6, 6.07) is 11.5. The zero-order chi connectivity index (χ0) is 21.1. The van der Waals surface area contributed by atoms with Gasteiger partial charge in [0.2, 0.25) is 0 Å². The van der Waals surface area contributed by atoms with Crippen LogP contribution in [0.4, 0.5) is 5.13 Å². The van der Waals surface area contributed by atoms with Crippen LogP contribution >= 0.6 is 11.3 Å². The zero-order valence-electron chi connectivity index (χ0n) is 17.7. The summed E-state index contributed by atoms with van der Waals surface area (Å²) >= 11 is 1.59. The number of fused-ring (bicyclic) bond motifs is 1. The molecule has 1 aliphatic heterocycles. The highest BCUT2D eigenvalue weighted by molar-refractivity contribution is 7.22. The topological polar surface area (TPSA) is 56.1 Å². The Labute approximate surface area is 181 Å². The van der Waals surface area contributed by atoms with E-state index < -0.39 is 0 Å². The number of aromatic nitrogens is 1. The average Bonchev–Trinajstić information content (AvgIpc) is 3.24.